The highest BCUT2D eigenvalue weighted by molar-refractivity contribution is 7.08. The van der Waals surface area contributed by atoms with Crippen molar-refractivity contribution in [1.82, 2.24) is 0 Å². The smallest absolute Gasteiger partial charge is 0.340 e. The van der Waals surface area contributed by atoms with Gasteiger partial charge in [-0.1, -0.05) is 0 Å². The largest absolute Gasteiger partial charge is 0.465 e. The van der Waals surface area contributed by atoms with Crippen molar-refractivity contribution in [2.45, 2.75) is 0 Å². The summed E-state index contributed by atoms with van der Waals surface area (Å²) in [5.74, 6) is -0.434. The third kappa shape index (κ3) is 2.57. The first-order valence-electron chi connectivity index (χ1n) is 4.98. The lowest BCUT2D eigenvalue weighted by Crippen LogP contribution is -2.06. The van der Waals surface area contributed by atoms with E-state index >= 15 is 0 Å². The molecule has 1 heterocycles. The summed E-state index contributed by atoms with van der Waals surface area (Å²) < 4.78 is 4.66. The Kier molecular flexibility index (Phi) is 3.30. The Hall–Kier alpha value is -2.01. The Labute approximate surface area is 103 Å². The second-order valence-corrected chi connectivity index (χ2v) is 4.21. The van der Waals surface area contributed by atoms with Crippen molar-refractivity contribution in [2.75, 3.05) is 18.2 Å². The highest BCUT2D eigenvalue weighted by Crippen LogP contribution is 2.23. The van der Waals surface area contributed by atoms with E-state index in [0.29, 0.717) is 11.3 Å². The first kappa shape index (κ1) is 11.5. The van der Waals surface area contributed by atoms with Gasteiger partial charge < -0.3 is 15.8 Å². The van der Waals surface area contributed by atoms with E-state index in [9.17, 15) is 4.79 Å². The molecule has 1 aromatic heterocycles. The molecule has 0 aliphatic heterocycles. The quantitative estimate of drug-likeness (QED) is 0.647. The summed E-state index contributed by atoms with van der Waals surface area (Å²) in [6.45, 7) is 0. The van der Waals surface area contributed by atoms with E-state index in [0.717, 1.165) is 11.4 Å². The van der Waals surface area contributed by atoms with Gasteiger partial charge in [-0.25, -0.2) is 4.79 Å². The molecule has 17 heavy (non-hydrogen) atoms. The van der Waals surface area contributed by atoms with Crippen LogP contribution in [-0.2, 0) is 4.74 Å². The van der Waals surface area contributed by atoms with E-state index in [2.05, 4.69) is 10.1 Å². The van der Waals surface area contributed by atoms with Gasteiger partial charge in [0.1, 0.15) is 0 Å². The number of rotatable bonds is 3. The fourth-order valence-electron chi connectivity index (χ4n) is 1.42. The van der Waals surface area contributed by atoms with Gasteiger partial charge in [0.05, 0.1) is 12.7 Å². The lowest BCUT2D eigenvalue weighted by atomic mass is 10.1. The van der Waals surface area contributed by atoms with Crippen molar-refractivity contribution >= 4 is 34.4 Å². The Morgan fingerprint density at radius 3 is 2.82 bits per heavy atom. The van der Waals surface area contributed by atoms with Crippen LogP contribution in [-0.4, -0.2) is 13.1 Å². The molecule has 4 nitrogen and oxygen atoms in total. The van der Waals surface area contributed by atoms with Gasteiger partial charge in [0.25, 0.3) is 0 Å². The van der Waals surface area contributed by atoms with Crippen LogP contribution in [0.15, 0.2) is 35.0 Å². The first-order valence-corrected chi connectivity index (χ1v) is 5.92. The molecule has 2 aromatic rings. The SMILES string of the molecule is COC(=O)c1cc(Nc2ccsc2)ccc1N. The average molecular weight is 248 g/mol. The topological polar surface area (TPSA) is 64.3 Å². The van der Waals surface area contributed by atoms with Crippen molar-refractivity contribution < 1.29 is 9.53 Å². The number of anilines is 3. The first-order chi connectivity index (χ1) is 8.20. The summed E-state index contributed by atoms with van der Waals surface area (Å²) in [5, 5.41) is 7.13. The summed E-state index contributed by atoms with van der Waals surface area (Å²) >= 11 is 1.60. The lowest BCUT2D eigenvalue weighted by Gasteiger charge is -2.08. The number of carbonyl (C=O) groups excluding carboxylic acids is 1. The minimum absolute atomic E-state index is 0.368. The van der Waals surface area contributed by atoms with Crippen LogP contribution >= 0.6 is 11.3 Å². The molecule has 0 atom stereocenters. The van der Waals surface area contributed by atoms with Crippen LogP contribution in [0.3, 0.4) is 0 Å². The third-order valence-corrected chi connectivity index (χ3v) is 2.95. The molecule has 0 saturated carbocycles. The maximum absolute atomic E-state index is 11.5. The molecule has 0 aliphatic carbocycles. The lowest BCUT2D eigenvalue weighted by molar-refractivity contribution is 0.0602. The zero-order chi connectivity index (χ0) is 12.3. The predicted octanol–water partition coefficient (Wildman–Crippen LogP) is 2.86. The molecule has 0 radical (unpaired) electrons. The second-order valence-electron chi connectivity index (χ2n) is 3.43. The van der Waals surface area contributed by atoms with Crippen LogP contribution in [0.2, 0.25) is 0 Å². The van der Waals surface area contributed by atoms with Gasteiger partial charge in [-0.05, 0) is 29.6 Å². The van der Waals surface area contributed by atoms with Crippen molar-refractivity contribution in [1.29, 1.82) is 0 Å². The molecular formula is C12H12N2O2S. The normalized spacial score (nSPS) is 9.94. The van der Waals surface area contributed by atoms with Gasteiger partial charge in [0.15, 0.2) is 0 Å². The van der Waals surface area contributed by atoms with Gasteiger partial charge >= 0.3 is 5.97 Å². The minimum atomic E-state index is -0.434. The number of esters is 1. The molecule has 0 saturated heterocycles. The van der Waals surface area contributed by atoms with Crippen LogP contribution in [0.5, 0.6) is 0 Å². The van der Waals surface area contributed by atoms with Crippen molar-refractivity contribution in [3.8, 4) is 0 Å². The molecule has 2 rings (SSSR count). The van der Waals surface area contributed by atoms with Crippen LogP contribution in [0.4, 0.5) is 17.1 Å². The number of hydrogen-bond donors (Lipinski definition) is 2. The number of benzene rings is 1. The fraction of sp³-hybridized carbons (Fsp3) is 0.0833. The summed E-state index contributed by atoms with van der Waals surface area (Å²) in [6.07, 6.45) is 0. The number of ether oxygens (including phenoxy) is 1. The van der Waals surface area contributed by atoms with Gasteiger partial charge in [0.2, 0.25) is 0 Å². The molecular weight excluding hydrogens is 236 g/mol. The van der Waals surface area contributed by atoms with Gasteiger partial charge in [-0.2, -0.15) is 11.3 Å². The third-order valence-electron chi connectivity index (χ3n) is 2.27. The van der Waals surface area contributed by atoms with E-state index in [1.807, 2.05) is 22.9 Å². The van der Waals surface area contributed by atoms with Crippen molar-refractivity contribution in [2.24, 2.45) is 0 Å². The second kappa shape index (κ2) is 4.88. The molecule has 0 unspecified atom stereocenters. The number of nitrogen functional groups attached to an aromatic ring is 1. The molecule has 3 N–H and O–H groups in total. The van der Waals surface area contributed by atoms with Crippen LogP contribution in [0, 0.1) is 0 Å². The molecule has 0 bridgehead atoms. The van der Waals surface area contributed by atoms with E-state index in [1.165, 1.54) is 7.11 Å². The summed E-state index contributed by atoms with van der Waals surface area (Å²) in [5.41, 5.74) is 8.28. The van der Waals surface area contributed by atoms with Gasteiger partial charge in [-0.3, -0.25) is 0 Å². The highest BCUT2D eigenvalue weighted by atomic mass is 32.1. The Morgan fingerprint density at radius 1 is 1.35 bits per heavy atom. The average Bonchev–Trinajstić information content (AvgIpc) is 2.83. The van der Waals surface area contributed by atoms with Gasteiger partial charge in [0, 0.05) is 22.4 Å². The number of nitrogens with one attached hydrogen (secondary N) is 1. The maximum atomic E-state index is 11.5. The Morgan fingerprint density at radius 2 is 2.18 bits per heavy atom. The summed E-state index contributed by atoms with van der Waals surface area (Å²) in [7, 11) is 1.33. The van der Waals surface area contributed by atoms with E-state index in [4.69, 9.17) is 5.73 Å². The van der Waals surface area contributed by atoms with Gasteiger partial charge in [-0.15, -0.1) is 0 Å². The molecule has 88 valence electrons. The monoisotopic (exact) mass is 248 g/mol. The molecule has 0 amide bonds. The molecule has 0 spiro atoms. The standard InChI is InChI=1S/C12H12N2O2S/c1-16-12(15)10-6-8(2-3-11(10)13)14-9-4-5-17-7-9/h2-7,14H,13H2,1H3. The zero-order valence-corrected chi connectivity index (χ0v) is 10.1. The van der Waals surface area contributed by atoms with Crippen LogP contribution in [0.1, 0.15) is 10.4 Å². The zero-order valence-electron chi connectivity index (χ0n) is 9.27. The number of carbonyl (C=O) groups is 1. The van der Waals surface area contributed by atoms with Crippen molar-refractivity contribution in [3.63, 3.8) is 0 Å². The number of hydrogen-bond acceptors (Lipinski definition) is 5. The van der Waals surface area contributed by atoms with E-state index < -0.39 is 5.97 Å². The predicted molar refractivity (Wildman–Crippen MR) is 69.8 cm³/mol. The van der Waals surface area contributed by atoms with Crippen LogP contribution in [0.25, 0.3) is 0 Å². The number of thiophene rings is 1. The fourth-order valence-corrected chi connectivity index (χ4v) is 2.01. The Bertz CT molecular complexity index is 523. The highest BCUT2D eigenvalue weighted by Gasteiger charge is 2.10. The molecule has 1 aromatic carbocycles. The number of methoxy groups -OCH3 is 1. The van der Waals surface area contributed by atoms with Crippen LogP contribution < -0.4 is 11.1 Å². The minimum Gasteiger partial charge on any atom is -0.465 e. The Balaban J connectivity index is 2.28. The molecule has 5 heteroatoms. The maximum Gasteiger partial charge on any atom is 0.340 e. The number of nitrogens with two attached hydrogens (primary N) is 1. The molecule has 0 aliphatic rings. The summed E-state index contributed by atoms with van der Waals surface area (Å²) in [6, 6.07) is 7.14. The summed E-state index contributed by atoms with van der Waals surface area (Å²) in [4.78, 5) is 11.5. The van der Waals surface area contributed by atoms with E-state index in [1.54, 1.807) is 23.5 Å². The van der Waals surface area contributed by atoms with Crippen molar-refractivity contribution in [3.05, 3.63) is 40.6 Å². The van der Waals surface area contributed by atoms with E-state index in [-0.39, 0.29) is 0 Å². The molecule has 0 fully saturated rings.